The predicted octanol–water partition coefficient (Wildman–Crippen LogP) is 4.30. The number of nitrogens with one attached hydrogen (secondary N) is 1. The molecule has 0 spiro atoms. The summed E-state index contributed by atoms with van der Waals surface area (Å²) in [5.74, 6) is -1.06. The molecule has 1 aliphatic carbocycles. The Kier molecular flexibility index (Phi) is 6.88. The van der Waals surface area contributed by atoms with Crippen molar-refractivity contribution in [3.63, 3.8) is 0 Å². The van der Waals surface area contributed by atoms with Crippen LogP contribution in [0.2, 0.25) is 0 Å². The van der Waals surface area contributed by atoms with E-state index in [4.69, 9.17) is 0 Å². The van der Waals surface area contributed by atoms with Crippen molar-refractivity contribution in [3.8, 4) is 0 Å². The zero-order valence-corrected chi connectivity index (χ0v) is 21.1. The van der Waals surface area contributed by atoms with E-state index in [-0.39, 0.29) is 29.2 Å². The maximum absolute atomic E-state index is 14.4. The second-order valence-corrected chi connectivity index (χ2v) is 11.7. The molecule has 0 amide bonds. The lowest BCUT2D eigenvalue weighted by atomic mass is 9.82. The van der Waals surface area contributed by atoms with Gasteiger partial charge in [-0.1, -0.05) is 24.3 Å². The van der Waals surface area contributed by atoms with Gasteiger partial charge in [0.05, 0.1) is 11.8 Å². The molecule has 1 fully saturated rings. The van der Waals surface area contributed by atoms with Crippen LogP contribution in [0.3, 0.4) is 0 Å². The van der Waals surface area contributed by atoms with Crippen molar-refractivity contribution in [2.75, 3.05) is 26.2 Å². The van der Waals surface area contributed by atoms with Crippen LogP contribution in [0.1, 0.15) is 40.5 Å². The van der Waals surface area contributed by atoms with E-state index in [0.717, 1.165) is 31.1 Å². The van der Waals surface area contributed by atoms with Crippen LogP contribution in [-0.4, -0.2) is 49.3 Å². The minimum atomic E-state index is -4.45. The molecule has 1 N–H and O–H groups in total. The molecule has 2 aromatic carbocycles. The van der Waals surface area contributed by atoms with Gasteiger partial charge in [-0.15, -0.1) is 0 Å². The van der Waals surface area contributed by atoms with Crippen molar-refractivity contribution >= 4 is 10.0 Å². The standard InChI is InChI=1S/C26H28F4N4O2S/c1-33-15-20(13-31-33)37(35,36)32-14-24-23-12-19(27)6-7-21(23)22(25(24)16-34-8-3-9-34)11-17-4-2-5-18(10-17)26(28,29)30/h2,4-7,10,12-13,15,22,24-25,32H,3,8-9,11,14,16H2,1H3. The molecule has 0 radical (unpaired) electrons. The molecule has 6 nitrogen and oxygen atoms in total. The number of likely N-dealkylation sites (tertiary alicyclic amines) is 1. The van der Waals surface area contributed by atoms with Gasteiger partial charge in [0.25, 0.3) is 0 Å². The summed E-state index contributed by atoms with van der Waals surface area (Å²) in [6.07, 6.45) is -0.383. The second-order valence-electron chi connectivity index (χ2n) is 9.91. The number of alkyl halides is 3. The molecule has 198 valence electrons. The summed E-state index contributed by atoms with van der Waals surface area (Å²) in [6, 6.07) is 9.80. The molecule has 37 heavy (non-hydrogen) atoms. The number of hydrogen-bond acceptors (Lipinski definition) is 4. The molecule has 2 heterocycles. The van der Waals surface area contributed by atoms with Gasteiger partial charge in [0.1, 0.15) is 10.7 Å². The summed E-state index contributed by atoms with van der Waals surface area (Å²) in [5, 5.41) is 3.93. The fourth-order valence-electron chi connectivity index (χ4n) is 5.53. The maximum Gasteiger partial charge on any atom is 0.416 e. The van der Waals surface area contributed by atoms with Crippen molar-refractivity contribution in [3.05, 3.63) is 82.9 Å². The Morgan fingerprint density at radius 3 is 2.51 bits per heavy atom. The first kappa shape index (κ1) is 25.9. The van der Waals surface area contributed by atoms with E-state index in [1.54, 1.807) is 19.2 Å². The number of hydrogen-bond donors (Lipinski definition) is 1. The van der Waals surface area contributed by atoms with E-state index >= 15 is 0 Å². The van der Waals surface area contributed by atoms with Crippen molar-refractivity contribution in [1.82, 2.24) is 19.4 Å². The Bertz CT molecular complexity index is 1390. The monoisotopic (exact) mass is 536 g/mol. The number of nitrogens with zero attached hydrogens (tertiary/aromatic N) is 3. The van der Waals surface area contributed by atoms with E-state index in [1.165, 1.54) is 41.3 Å². The molecule has 11 heteroatoms. The van der Waals surface area contributed by atoms with Gasteiger partial charge in [0, 0.05) is 32.3 Å². The third-order valence-electron chi connectivity index (χ3n) is 7.49. The fraction of sp³-hybridized carbons (Fsp3) is 0.423. The first-order valence-corrected chi connectivity index (χ1v) is 13.7. The van der Waals surface area contributed by atoms with Crippen LogP contribution in [0.4, 0.5) is 17.6 Å². The summed E-state index contributed by atoms with van der Waals surface area (Å²) in [6.45, 7) is 2.52. The van der Waals surface area contributed by atoms with Crippen LogP contribution < -0.4 is 4.72 Å². The predicted molar refractivity (Wildman–Crippen MR) is 130 cm³/mol. The highest BCUT2D eigenvalue weighted by Gasteiger charge is 2.42. The first-order valence-electron chi connectivity index (χ1n) is 12.2. The zero-order valence-electron chi connectivity index (χ0n) is 20.2. The van der Waals surface area contributed by atoms with Gasteiger partial charge in [-0.05, 0) is 72.7 Å². The summed E-state index contributed by atoms with van der Waals surface area (Å²) in [7, 11) is -2.23. The third kappa shape index (κ3) is 5.44. The Hall–Kier alpha value is -2.76. The van der Waals surface area contributed by atoms with Gasteiger partial charge in [0.2, 0.25) is 10.0 Å². The van der Waals surface area contributed by atoms with Crippen LogP contribution in [0.25, 0.3) is 0 Å². The van der Waals surface area contributed by atoms with Crippen molar-refractivity contribution in [1.29, 1.82) is 0 Å². The number of aromatic nitrogens is 2. The van der Waals surface area contributed by atoms with E-state index < -0.39 is 27.6 Å². The summed E-state index contributed by atoms with van der Waals surface area (Å²) in [4.78, 5) is 2.29. The van der Waals surface area contributed by atoms with Gasteiger partial charge in [0.15, 0.2) is 0 Å². The summed E-state index contributed by atoms with van der Waals surface area (Å²) in [5.41, 5.74) is 1.40. The van der Waals surface area contributed by atoms with Crippen molar-refractivity contribution in [2.45, 2.75) is 35.7 Å². The van der Waals surface area contributed by atoms with Gasteiger partial charge in [-0.3, -0.25) is 4.68 Å². The largest absolute Gasteiger partial charge is 0.416 e. The highest BCUT2D eigenvalue weighted by atomic mass is 32.2. The zero-order chi connectivity index (χ0) is 26.4. The molecular weight excluding hydrogens is 508 g/mol. The Morgan fingerprint density at radius 1 is 1.08 bits per heavy atom. The van der Waals surface area contributed by atoms with Gasteiger partial charge in [-0.25, -0.2) is 17.5 Å². The molecule has 5 rings (SSSR count). The van der Waals surface area contributed by atoms with Crippen LogP contribution in [0.5, 0.6) is 0 Å². The Morgan fingerprint density at radius 2 is 1.86 bits per heavy atom. The van der Waals surface area contributed by atoms with Crippen LogP contribution >= 0.6 is 0 Å². The number of benzene rings is 2. The highest BCUT2D eigenvalue weighted by Crippen LogP contribution is 2.49. The third-order valence-corrected chi connectivity index (χ3v) is 8.87. The molecule has 2 aliphatic rings. The number of halogens is 4. The molecule has 1 aliphatic heterocycles. The van der Waals surface area contributed by atoms with Crippen molar-refractivity contribution in [2.24, 2.45) is 13.0 Å². The van der Waals surface area contributed by atoms with Crippen LogP contribution in [0.15, 0.2) is 59.8 Å². The molecule has 1 saturated heterocycles. The smallest absolute Gasteiger partial charge is 0.303 e. The highest BCUT2D eigenvalue weighted by molar-refractivity contribution is 7.89. The maximum atomic E-state index is 14.4. The quantitative estimate of drug-likeness (QED) is 0.436. The summed E-state index contributed by atoms with van der Waals surface area (Å²) < 4.78 is 84.4. The first-order chi connectivity index (χ1) is 17.5. The van der Waals surface area contributed by atoms with E-state index in [0.29, 0.717) is 24.1 Å². The Balaban J connectivity index is 1.48. The fourth-order valence-corrected chi connectivity index (χ4v) is 6.58. The average molecular weight is 537 g/mol. The number of rotatable bonds is 8. The molecule has 0 saturated carbocycles. The molecule has 3 aromatic rings. The minimum absolute atomic E-state index is 0.0345. The minimum Gasteiger partial charge on any atom is -0.303 e. The SMILES string of the molecule is Cn1cc(S(=O)(=O)NCC2c3cc(F)ccc3C(Cc3cccc(C(F)(F)F)c3)C2CN2CCC2)cn1. The molecule has 3 atom stereocenters. The van der Waals surface area contributed by atoms with E-state index in [9.17, 15) is 26.0 Å². The number of fused-ring (bicyclic) bond motifs is 1. The molecule has 3 unspecified atom stereocenters. The van der Waals surface area contributed by atoms with Crippen LogP contribution in [-0.2, 0) is 29.7 Å². The normalized spacial score (nSPS) is 22.1. The van der Waals surface area contributed by atoms with Gasteiger partial charge >= 0.3 is 6.18 Å². The van der Waals surface area contributed by atoms with E-state index in [1.807, 2.05) is 0 Å². The van der Waals surface area contributed by atoms with Crippen molar-refractivity contribution < 1.29 is 26.0 Å². The Labute approximate surface area is 213 Å². The molecule has 1 aromatic heterocycles. The lowest BCUT2D eigenvalue weighted by Crippen LogP contribution is -2.43. The lowest BCUT2D eigenvalue weighted by Gasteiger charge is -2.37. The number of sulfonamides is 1. The average Bonchev–Trinajstić information content (AvgIpc) is 3.36. The second kappa shape index (κ2) is 9.85. The van der Waals surface area contributed by atoms with E-state index in [2.05, 4.69) is 14.7 Å². The van der Waals surface area contributed by atoms with Crippen LogP contribution in [0, 0.1) is 11.7 Å². The topological polar surface area (TPSA) is 67.2 Å². The number of aryl methyl sites for hydroxylation is 1. The molecule has 0 bridgehead atoms. The van der Waals surface area contributed by atoms with Gasteiger partial charge < -0.3 is 4.90 Å². The summed E-state index contributed by atoms with van der Waals surface area (Å²) >= 11 is 0. The van der Waals surface area contributed by atoms with Gasteiger partial charge in [-0.2, -0.15) is 18.3 Å². The molecular formula is C26H28F4N4O2S. The lowest BCUT2D eigenvalue weighted by molar-refractivity contribution is -0.137.